The Morgan fingerprint density at radius 1 is 1.00 bits per heavy atom. The summed E-state index contributed by atoms with van der Waals surface area (Å²) in [7, 11) is 1.75. The Hall–Kier alpha value is -2.45. The fourth-order valence-corrected chi connectivity index (χ4v) is 3.01. The Labute approximate surface area is 189 Å². The van der Waals surface area contributed by atoms with Crippen molar-refractivity contribution in [2.45, 2.75) is 12.5 Å². The molecule has 0 aliphatic rings. The lowest BCUT2D eigenvalue weighted by molar-refractivity contribution is 0.265. The molecule has 0 saturated heterocycles. The third-order valence-electron chi connectivity index (χ3n) is 4.58. The maximum absolute atomic E-state index is 9.71. The largest absolute Gasteiger partial charge is 0.396 e. The van der Waals surface area contributed by atoms with Crippen molar-refractivity contribution in [3.05, 3.63) is 90.1 Å². The maximum Gasteiger partial charge on any atom is 0.191 e. The molecule has 1 heterocycles. The molecule has 1 aromatic heterocycles. The zero-order valence-electron chi connectivity index (χ0n) is 16.5. The topological polar surface area (TPSA) is 69.5 Å². The van der Waals surface area contributed by atoms with Crippen LogP contribution in [-0.4, -0.2) is 36.2 Å². The van der Waals surface area contributed by atoms with Gasteiger partial charge in [-0.05, 0) is 29.3 Å². The van der Waals surface area contributed by atoms with Gasteiger partial charge in [-0.2, -0.15) is 0 Å². The van der Waals surface area contributed by atoms with E-state index in [1.54, 1.807) is 13.2 Å². The number of nitrogens with zero attached hydrogens (tertiary/aromatic N) is 2. The Balaban J connectivity index is 0.00000300. The summed E-state index contributed by atoms with van der Waals surface area (Å²) < 4.78 is 0. The van der Waals surface area contributed by atoms with E-state index in [0.29, 0.717) is 19.0 Å². The lowest BCUT2D eigenvalue weighted by Crippen LogP contribution is -2.39. The molecule has 6 heteroatoms. The molecule has 152 valence electrons. The van der Waals surface area contributed by atoms with E-state index in [9.17, 15) is 5.11 Å². The van der Waals surface area contributed by atoms with Crippen LogP contribution in [0, 0.1) is 0 Å². The number of aliphatic hydroxyl groups is 1. The van der Waals surface area contributed by atoms with Crippen molar-refractivity contribution in [2.75, 3.05) is 20.2 Å². The van der Waals surface area contributed by atoms with E-state index in [0.717, 1.165) is 22.4 Å². The van der Waals surface area contributed by atoms with E-state index in [1.165, 1.54) is 0 Å². The highest BCUT2D eigenvalue weighted by atomic mass is 127. The number of hydrogen-bond acceptors (Lipinski definition) is 3. The van der Waals surface area contributed by atoms with Crippen LogP contribution in [0.2, 0.25) is 0 Å². The summed E-state index contributed by atoms with van der Waals surface area (Å²) in [5, 5.41) is 16.3. The minimum Gasteiger partial charge on any atom is -0.396 e. The van der Waals surface area contributed by atoms with Crippen LogP contribution in [0.5, 0.6) is 0 Å². The zero-order chi connectivity index (χ0) is 19.6. The van der Waals surface area contributed by atoms with Crippen LogP contribution in [0.15, 0.2) is 84.0 Å². The molecule has 3 N–H and O–H groups in total. The molecule has 0 aliphatic heterocycles. The third kappa shape index (κ3) is 6.83. The highest BCUT2D eigenvalue weighted by Gasteiger charge is 2.11. The molecular weight excluding hydrogens is 475 g/mol. The normalized spacial score (nSPS) is 12.0. The van der Waals surface area contributed by atoms with E-state index in [1.807, 2.05) is 54.6 Å². The summed E-state index contributed by atoms with van der Waals surface area (Å²) in [6.45, 7) is 1.34. The summed E-state index contributed by atoms with van der Waals surface area (Å²) in [5.74, 6) is 0.727. The van der Waals surface area contributed by atoms with Crippen LogP contribution < -0.4 is 10.6 Å². The molecule has 3 rings (SSSR count). The van der Waals surface area contributed by atoms with Crippen molar-refractivity contribution >= 4 is 29.9 Å². The quantitative estimate of drug-likeness (QED) is 0.261. The summed E-state index contributed by atoms with van der Waals surface area (Å²) in [5.41, 5.74) is 4.30. The first-order valence-corrected chi connectivity index (χ1v) is 9.41. The van der Waals surface area contributed by atoms with Gasteiger partial charge in [0.2, 0.25) is 0 Å². The van der Waals surface area contributed by atoms with E-state index in [-0.39, 0.29) is 36.5 Å². The molecule has 1 unspecified atom stereocenters. The van der Waals surface area contributed by atoms with Crippen LogP contribution in [0.3, 0.4) is 0 Å². The van der Waals surface area contributed by atoms with Gasteiger partial charge in [-0.3, -0.25) is 9.98 Å². The molecule has 0 amide bonds. The first-order chi connectivity index (χ1) is 13.8. The summed E-state index contributed by atoms with van der Waals surface area (Å²) in [4.78, 5) is 8.69. The predicted molar refractivity (Wildman–Crippen MR) is 130 cm³/mol. The van der Waals surface area contributed by atoms with Gasteiger partial charge in [-0.1, -0.05) is 54.6 Å². The van der Waals surface area contributed by atoms with Gasteiger partial charge in [0.15, 0.2) is 5.96 Å². The minimum atomic E-state index is 0. The molecule has 29 heavy (non-hydrogen) atoms. The van der Waals surface area contributed by atoms with Crippen molar-refractivity contribution in [3.63, 3.8) is 0 Å². The molecule has 0 spiro atoms. The number of aliphatic hydroxyl groups excluding tert-OH is 1. The van der Waals surface area contributed by atoms with Crippen LogP contribution in [0.25, 0.3) is 11.3 Å². The highest BCUT2D eigenvalue weighted by Crippen LogP contribution is 2.17. The number of aliphatic imine (C=N–C) groups is 1. The number of benzene rings is 2. The average molecular weight is 502 g/mol. The fourth-order valence-electron chi connectivity index (χ4n) is 3.01. The monoisotopic (exact) mass is 502 g/mol. The van der Waals surface area contributed by atoms with Crippen molar-refractivity contribution in [2.24, 2.45) is 4.99 Å². The van der Waals surface area contributed by atoms with Crippen molar-refractivity contribution in [1.82, 2.24) is 15.6 Å². The van der Waals surface area contributed by atoms with Gasteiger partial charge in [0.25, 0.3) is 0 Å². The van der Waals surface area contributed by atoms with Gasteiger partial charge in [0.05, 0.1) is 12.3 Å². The molecule has 0 fully saturated rings. The van der Waals surface area contributed by atoms with E-state index in [2.05, 4.69) is 38.8 Å². The van der Waals surface area contributed by atoms with Gasteiger partial charge < -0.3 is 15.7 Å². The molecule has 0 aliphatic carbocycles. The standard InChI is InChI=1S/C23H26N4O.HI/c1-24-23(27-16-21(17-28)19-9-3-2-4-10-19)26-15-18-8-7-11-20(14-18)22-12-5-6-13-25-22;/h2-14,21,28H,15-17H2,1H3,(H2,24,26,27);1H. The zero-order valence-corrected chi connectivity index (χ0v) is 18.8. The van der Waals surface area contributed by atoms with Gasteiger partial charge in [-0.25, -0.2) is 0 Å². The first-order valence-electron chi connectivity index (χ1n) is 9.41. The Kier molecular flexibility index (Phi) is 9.59. The highest BCUT2D eigenvalue weighted by molar-refractivity contribution is 14.0. The smallest absolute Gasteiger partial charge is 0.191 e. The van der Waals surface area contributed by atoms with Crippen molar-refractivity contribution < 1.29 is 5.11 Å². The molecule has 2 aromatic carbocycles. The molecule has 0 bridgehead atoms. The van der Waals surface area contributed by atoms with E-state index in [4.69, 9.17) is 0 Å². The summed E-state index contributed by atoms with van der Waals surface area (Å²) in [6, 6.07) is 24.2. The van der Waals surface area contributed by atoms with Crippen LogP contribution in [0.4, 0.5) is 0 Å². The van der Waals surface area contributed by atoms with Gasteiger partial charge in [-0.15, -0.1) is 24.0 Å². The molecular formula is C23H27IN4O. The molecule has 3 aromatic rings. The minimum absolute atomic E-state index is 0. The van der Waals surface area contributed by atoms with Gasteiger partial charge in [0, 0.05) is 37.8 Å². The SMILES string of the molecule is CN=C(NCc1cccc(-c2ccccn2)c1)NCC(CO)c1ccccc1.I. The molecule has 5 nitrogen and oxygen atoms in total. The molecule has 1 atom stereocenters. The number of aromatic nitrogens is 1. The second-order valence-electron chi connectivity index (χ2n) is 6.51. The first kappa shape index (κ1) is 22.8. The Bertz CT molecular complexity index is 888. The number of guanidine groups is 1. The average Bonchev–Trinajstić information content (AvgIpc) is 2.78. The van der Waals surface area contributed by atoms with Crippen molar-refractivity contribution in [3.8, 4) is 11.3 Å². The van der Waals surface area contributed by atoms with Gasteiger partial charge >= 0.3 is 0 Å². The van der Waals surface area contributed by atoms with E-state index >= 15 is 0 Å². The van der Waals surface area contributed by atoms with Crippen LogP contribution >= 0.6 is 24.0 Å². The summed E-state index contributed by atoms with van der Waals surface area (Å²) >= 11 is 0. The van der Waals surface area contributed by atoms with Crippen LogP contribution in [-0.2, 0) is 6.54 Å². The maximum atomic E-state index is 9.71. The molecule has 0 radical (unpaired) electrons. The number of nitrogens with one attached hydrogen (secondary N) is 2. The van der Waals surface area contributed by atoms with Gasteiger partial charge in [0.1, 0.15) is 0 Å². The number of pyridine rings is 1. The predicted octanol–water partition coefficient (Wildman–Crippen LogP) is 3.81. The molecule has 0 saturated carbocycles. The van der Waals surface area contributed by atoms with Crippen LogP contribution in [0.1, 0.15) is 17.0 Å². The lowest BCUT2D eigenvalue weighted by atomic mass is 10.0. The Morgan fingerprint density at radius 2 is 1.79 bits per heavy atom. The van der Waals surface area contributed by atoms with E-state index < -0.39 is 0 Å². The second kappa shape index (κ2) is 12.2. The Morgan fingerprint density at radius 3 is 2.48 bits per heavy atom. The number of hydrogen-bond donors (Lipinski definition) is 3. The fraction of sp³-hybridized carbons (Fsp3) is 0.217. The summed E-state index contributed by atoms with van der Waals surface area (Å²) in [6.07, 6.45) is 1.80. The van der Waals surface area contributed by atoms with Crippen molar-refractivity contribution in [1.29, 1.82) is 0 Å². The number of halogens is 1. The lowest BCUT2D eigenvalue weighted by Gasteiger charge is -2.18. The second-order valence-corrected chi connectivity index (χ2v) is 6.51. The third-order valence-corrected chi connectivity index (χ3v) is 4.58. The number of rotatable bonds is 7.